The van der Waals surface area contributed by atoms with Gasteiger partial charge in [-0.1, -0.05) is 18.9 Å². The first-order chi connectivity index (χ1) is 9.55. The van der Waals surface area contributed by atoms with Crippen molar-refractivity contribution in [2.45, 2.75) is 43.7 Å². The molecule has 5 nitrogen and oxygen atoms in total. The maximum absolute atomic E-state index is 12.4. The lowest BCUT2D eigenvalue weighted by Gasteiger charge is -2.26. The molecule has 0 bridgehead atoms. The summed E-state index contributed by atoms with van der Waals surface area (Å²) < 4.78 is 4.69. The molecule has 110 valence electrons. The zero-order chi connectivity index (χ0) is 14.6. The number of rotatable bonds is 5. The van der Waals surface area contributed by atoms with Gasteiger partial charge in [-0.2, -0.15) is 0 Å². The summed E-state index contributed by atoms with van der Waals surface area (Å²) in [7, 11) is 1.34. The SMILES string of the molecule is COC(=O)CC(NC(=O)C1(N)CCCC1)c1cccs1. The van der Waals surface area contributed by atoms with Crippen molar-refractivity contribution in [3.8, 4) is 0 Å². The van der Waals surface area contributed by atoms with Crippen LogP contribution in [-0.4, -0.2) is 24.5 Å². The van der Waals surface area contributed by atoms with Gasteiger partial charge in [0.25, 0.3) is 0 Å². The fourth-order valence-corrected chi connectivity index (χ4v) is 3.28. The Morgan fingerprint density at radius 3 is 2.75 bits per heavy atom. The molecule has 0 saturated heterocycles. The third kappa shape index (κ3) is 3.37. The fourth-order valence-electron chi connectivity index (χ4n) is 2.50. The van der Waals surface area contributed by atoms with Crippen molar-refractivity contribution >= 4 is 23.2 Å². The Bertz CT molecular complexity index is 467. The first kappa shape index (κ1) is 15.0. The standard InChI is InChI=1S/C14H20N2O3S/c1-19-12(17)9-10(11-5-4-8-20-11)16-13(18)14(15)6-2-3-7-14/h4-5,8,10H,2-3,6-7,9,15H2,1H3,(H,16,18). The van der Waals surface area contributed by atoms with Crippen LogP contribution in [0.1, 0.15) is 43.0 Å². The first-order valence-electron chi connectivity index (χ1n) is 6.75. The normalized spacial score (nSPS) is 18.5. The predicted molar refractivity (Wildman–Crippen MR) is 77.2 cm³/mol. The number of thiophene rings is 1. The highest BCUT2D eigenvalue weighted by atomic mass is 32.1. The van der Waals surface area contributed by atoms with Gasteiger partial charge in [-0.25, -0.2) is 0 Å². The van der Waals surface area contributed by atoms with Crippen LogP contribution in [0.15, 0.2) is 17.5 Å². The lowest BCUT2D eigenvalue weighted by molar-refractivity contribution is -0.141. The van der Waals surface area contributed by atoms with E-state index in [2.05, 4.69) is 5.32 Å². The number of esters is 1. The van der Waals surface area contributed by atoms with Gasteiger partial charge in [0.05, 0.1) is 25.1 Å². The molecule has 1 aromatic heterocycles. The molecule has 1 amide bonds. The molecular weight excluding hydrogens is 276 g/mol. The quantitative estimate of drug-likeness (QED) is 0.811. The van der Waals surface area contributed by atoms with Crippen LogP contribution in [0.4, 0.5) is 0 Å². The van der Waals surface area contributed by atoms with Gasteiger partial charge >= 0.3 is 5.97 Å². The molecule has 0 radical (unpaired) electrons. The van der Waals surface area contributed by atoms with Gasteiger partial charge < -0.3 is 15.8 Å². The van der Waals surface area contributed by atoms with Gasteiger partial charge in [-0.05, 0) is 24.3 Å². The monoisotopic (exact) mass is 296 g/mol. The van der Waals surface area contributed by atoms with Gasteiger partial charge in [0.1, 0.15) is 0 Å². The average Bonchev–Trinajstić information content (AvgIpc) is 3.09. The zero-order valence-electron chi connectivity index (χ0n) is 11.6. The van der Waals surface area contributed by atoms with Crippen LogP contribution in [0.3, 0.4) is 0 Å². The number of nitrogens with two attached hydrogens (primary N) is 1. The summed E-state index contributed by atoms with van der Waals surface area (Å²) in [6, 6.07) is 3.43. The van der Waals surface area contributed by atoms with Crippen LogP contribution in [-0.2, 0) is 14.3 Å². The van der Waals surface area contributed by atoms with Gasteiger partial charge in [0.15, 0.2) is 0 Å². The second kappa shape index (κ2) is 6.37. The van der Waals surface area contributed by atoms with Crippen molar-refractivity contribution in [3.63, 3.8) is 0 Å². The van der Waals surface area contributed by atoms with Crippen molar-refractivity contribution < 1.29 is 14.3 Å². The molecule has 1 aliphatic carbocycles. The van der Waals surface area contributed by atoms with Crippen LogP contribution in [0.5, 0.6) is 0 Å². The number of hydrogen-bond donors (Lipinski definition) is 2. The van der Waals surface area contributed by atoms with Crippen molar-refractivity contribution in [1.29, 1.82) is 0 Å². The third-order valence-corrected chi connectivity index (χ3v) is 4.72. The minimum atomic E-state index is -0.786. The highest BCUT2D eigenvalue weighted by Gasteiger charge is 2.38. The highest BCUT2D eigenvalue weighted by molar-refractivity contribution is 7.10. The molecule has 0 aliphatic heterocycles. The van der Waals surface area contributed by atoms with Crippen molar-refractivity contribution in [1.82, 2.24) is 5.32 Å². The molecule has 1 heterocycles. The summed E-state index contributed by atoms with van der Waals surface area (Å²) in [6.07, 6.45) is 3.48. The van der Waals surface area contributed by atoms with E-state index in [4.69, 9.17) is 10.5 Å². The number of nitrogens with one attached hydrogen (secondary N) is 1. The van der Waals surface area contributed by atoms with Crippen molar-refractivity contribution in [2.24, 2.45) is 5.73 Å². The Hall–Kier alpha value is -1.40. The van der Waals surface area contributed by atoms with Crippen LogP contribution >= 0.6 is 11.3 Å². The summed E-state index contributed by atoms with van der Waals surface area (Å²) in [6.45, 7) is 0. The second-order valence-electron chi connectivity index (χ2n) is 5.18. The minimum absolute atomic E-state index is 0.124. The van der Waals surface area contributed by atoms with Gasteiger partial charge in [-0.15, -0.1) is 11.3 Å². The lowest BCUT2D eigenvalue weighted by atomic mass is 9.97. The second-order valence-corrected chi connectivity index (χ2v) is 6.16. The molecule has 1 atom stereocenters. The third-order valence-electron chi connectivity index (χ3n) is 3.74. The van der Waals surface area contributed by atoms with Gasteiger partial charge in [-0.3, -0.25) is 9.59 Å². The summed E-state index contributed by atoms with van der Waals surface area (Å²) in [5.41, 5.74) is 5.36. The maximum atomic E-state index is 12.4. The Kier molecular flexibility index (Phi) is 4.77. The molecule has 3 N–H and O–H groups in total. The predicted octanol–water partition coefficient (Wildman–Crippen LogP) is 1.74. The number of ether oxygens (including phenoxy) is 1. The smallest absolute Gasteiger partial charge is 0.307 e. The number of carbonyl (C=O) groups excluding carboxylic acids is 2. The van der Waals surface area contributed by atoms with E-state index in [0.29, 0.717) is 12.8 Å². The minimum Gasteiger partial charge on any atom is -0.469 e. The van der Waals surface area contributed by atoms with Crippen LogP contribution < -0.4 is 11.1 Å². The molecule has 1 fully saturated rings. The molecule has 0 spiro atoms. The maximum Gasteiger partial charge on any atom is 0.307 e. The molecule has 1 unspecified atom stereocenters. The Balaban J connectivity index is 2.07. The molecule has 2 rings (SSSR count). The van der Waals surface area contributed by atoms with E-state index in [1.165, 1.54) is 18.4 Å². The lowest BCUT2D eigenvalue weighted by Crippen LogP contribution is -2.52. The number of amides is 1. The summed E-state index contributed by atoms with van der Waals surface area (Å²) >= 11 is 1.50. The molecule has 1 aliphatic rings. The zero-order valence-corrected chi connectivity index (χ0v) is 12.4. The van der Waals surface area contributed by atoms with Crippen molar-refractivity contribution in [2.75, 3.05) is 7.11 Å². The van der Waals surface area contributed by atoms with Crippen molar-refractivity contribution in [3.05, 3.63) is 22.4 Å². The number of hydrogen-bond acceptors (Lipinski definition) is 5. The molecule has 0 aromatic carbocycles. The highest BCUT2D eigenvalue weighted by Crippen LogP contribution is 2.29. The van der Waals surface area contributed by atoms with E-state index in [0.717, 1.165) is 17.7 Å². The van der Waals surface area contributed by atoms with E-state index in [1.54, 1.807) is 0 Å². The van der Waals surface area contributed by atoms with E-state index < -0.39 is 5.54 Å². The molecule has 20 heavy (non-hydrogen) atoms. The Morgan fingerprint density at radius 1 is 1.50 bits per heavy atom. The van der Waals surface area contributed by atoms with E-state index in [9.17, 15) is 9.59 Å². The number of carbonyl (C=O) groups is 2. The van der Waals surface area contributed by atoms with E-state index >= 15 is 0 Å². The molecule has 1 saturated carbocycles. The fraction of sp³-hybridized carbons (Fsp3) is 0.571. The molecule has 6 heteroatoms. The van der Waals surface area contributed by atoms with E-state index in [1.807, 2.05) is 17.5 Å². The van der Waals surface area contributed by atoms with Crippen LogP contribution in [0.25, 0.3) is 0 Å². The van der Waals surface area contributed by atoms with Crippen LogP contribution in [0, 0.1) is 0 Å². The van der Waals surface area contributed by atoms with Gasteiger partial charge in [0.2, 0.25) is 5.91 Å². The molecule has 1 aromatic rings. The largest absolute Gasteiger partial charge is 0.469 e. The topological polar surface area (TPSA) is 81.4 Å². The Morgan fingerprint density at radius 2 is 2.20 bits per heavy atom. The number of methoxy groups -OCH3 is 1. The Labute approximate surface area is 122 Å². The molecular formula is C14H20N2O3S. The average molecular weight is 296 g/mol. The van der Waals surface area contributed by atoms with E-state index in [-0.39, 0.29) is 24.3 Å². The summed E-state index contributed by atoms with van der Waals surface area (Å²) in [5.74, 6) is -0.515. The van der Waals surface area contributed by atoms with Crippen LogP contribution in [0.2, 0.25) is 0 Å². The summed E-state index contributed by atoms with van der Waals surface area (Å²) in [5, 5.41) is 4.83. The summed E-state index contributed by atoms with van der Waals surface area (Å²) in [4.78, 5) is 24.8. The first-order valence-corrected chi connectivity index (χ1v) is 7.63. The van der Waals surface area contributed by atoms with Gasteiger partial charge in [0, 0.05) is 4.88 Å².